The van der Waals surface area contributed by atoms with Crippen LogP contribution in [-0.2, 0) is 28.5 Å². The van der Waals surface area contributed by atoms with E-state index >= 15 is 0 Å². The molecule has 1 aliphatic carbocycles. The number of hydrogen-bond donors (Lipinski definition) is 2. The Hall–Kier alpha value is -3.04. The molecular weight excluding hydrogens is 614 g/mol. The molecule has 10 unspecified atom stereocenters. The Balaban J connectivity index is 0.00000357. The van der Waals surface area contributed by atoms with E-state index in [4.69, 9.17) is 42.6 Å². The Bertz CT molecular complexity index is 1410. The van der Waals surface area contributed by atoms with Gasteiger partial charge in [-0.1, -0.05) is 0 Å². The second kappa shape index (κ2) is 12.3. The number of phenols is 1. The summed E-state index contributed by atoms with van der Waals surface area (Å²) in [6, 6.07) is 6.57. The number of carbonyl (C=O) groups is 1. The Morgan fingerprint density at radius 2 is 1.60 bits per heavy atom. The molecule has 246 valence electrons. The minimum absolute atomic E-state index is 0. The van der Waals surface area contributed by atoms with Crippen LogP contribution in [0, 0.1) is 11.8 Å². The number of rotatable bonds is 6. The van der Waals surface area contributed by atoms with Crippen LogP contribution in [0.5, 0.6) is 28.7 Å². The molecule has 2 aromatic carbocycles. The maximum atomic E-state index is 13.5. The number of halogens is 1. The number of phenolic OH excluding ortho intramolecular Hbond substituents is 1. The van der Waals surface area contributed by atoms with Crippen molar-refractivity contribution in [3.8, 4) is 28.7 Å². The van der Waals surface area contributed by atoms with E-state index in [0.29, 0.717) is 17.1 Å². The first kappa shape index (κ1) is 31.9. The van der Waals surface area contributed by atoms with Gasteiger partial charge in [0.05, 0.1) is 45.5 Å². The van der Waals surface area contributed by atoms with E-state index in [9.17, 15) is 15.0 Å². The molecule has 13 nitrogen and oxygen atoms in total. The molecule has 45 heavy (non-hydrogen) atoms. The summed E-state index contributed by atoms with van der Waals surface area (Å²) in [5, 5.41) is 22.1. The highest BCUT2D eigenvalue weighted by atomic mass is 35.5. The van der Waals surface area contributed by atoms with Gasteiger partial charge in [0, 0.05) is 11.8 Å². The summed E-state index contributed by atoms with van der Waals surface area (Å²) >= 11 is 0. The third-order valence-electron chi connectivity index (χ3n) is 9.34. The SMILES string of the molecule is COc1cc(C2c3cc4c(cc3C(OC3OC5COC(C)OC5C(O)C3N(C)C)C3COC(=O)C23)OCO4)cc(OC)c1O.Cl. The van der Waals surface area contributed by atoms with Gasteiger partial charge >= 0.3 is 5.97 Å². The zero-order valence-electron chi connectivity index (χ0n) is 25.5. The van der Waals surface area contributed by atoms with Crippen molar-refractivity contribution in [2.75, 3.05) is 48.3 Å². The van der Waals surface area contributed by atoms with Crippen molar-refractivity contribution >= 4 is 18.4 Å². The number of aliphatic hydroxyl groups is 1. The topological polar surface area (TPSA) is 144 Å². The minimum atomic E-state index is -0.929. The number of aliphatic hydroxyl groups excluding tert-OH is 1. The number of carbonyl (C=O) groups excluding carboxylic acids is 1. The van der Waals surface area contributed by atoms with Crippen molar-refractivity contribution < 1.29 is 57.6 Å². The van der Waals surface area contributed by atoms with E-state index < -0.39 is 60.8 Å². The Kier molecular flexibility index (Phi) is 8.72. The summed E-state index contributed by atoms with van der Waals surface area (Å²) in [5.74, 6) is -0.602. The molecule has 0 bridgehead atoms. The molecule has 10 atom stereocenters. The van der Waals surface area contributed by atoms with Crippen molar-refractivity contribution in [3.63, 3.8) is 0 Å². The Labute approximate surface area is 266 Å². The molecule has 2 aromatic rings. The van der Waals surface area contributed by atoms with Crippen molar-refractivity contribution in [1.29, 1.82) is 0 Å². The number of hydrogen-bond acceptors (Lipinski definition) is 13. The van der Waals surface area contributed by atoms with Crippen molar-refractivity contribution in [2.45, 2.75) is 55.9 Å². The van der Waals surface area contributed by atoms with Crippen LogP contribution in [0.25, 0.3) is 0 Å². The fourth-order valence-corrected chi connectivity index (χ4v) is 7.28. The summed E-state index contributed by atoms with van der Waals surface area (Å²) in [6.07, 6.45) is -4.11. The second-order valence-corrected chi connectivity index (χ2v) is 12.0. The number of esters is 1. The average molecular weight is 652 g/mol. The minimum Gasteiger partial charge on any atom is -0.502 e. The lowest BCUT2D eigenvalue weighted by atomic mass is 9.66. The number of cyclic esters (lactones) is 1. The van der Waals surface area contributed by atoms with Crippen molar-refractivity contribution in [3.05, 3.63) is 41.0 Å². The number of ether oxygens (including phenoxy) is 9. The summed E-state index contributed by atoms with van der Waals surface area (Å²) < 4.78 is 53.0. The van der Waals surface area contributed by atoms with Crippen LogP contribution in [-0.4, -0.2) is 106 Å². The fraction of sp³-hybridized carbons (Fsp3) is 0.581. The van der Waals surface area contributed by atoms with Crippen molar-refractivity contribution in [1.82, 2.24) is 4.90 Å². The third kappa shape index (κ3) is 5.24. The van der Waals surface area contributed by atoms with Crippen LogP contribution in [0.1, 0.15) is 35.6 Å². The average Bonchev–Trinajstić information content (AvgIpc) is 3.63. The zero-order chi connectivity index (χ0) is 30.9. The predicted octanol–water partition coefficient (Wildman–Crippen LogP) is 2.33. The molecule has 2 N–H and O–H groups in total. The van der Waals surface area contributed by atoms with Gasteiger partial charge in [-0.05, 0) is 62.0 Å². The van der Waals surface area contributed by atoms with E-state index in [1.54, 1.807) is 19.1 Å². The van der Waals surface area contributed by atoms with Gasteiger partial charge in [0.1, 0.15) is 18.3 Å². The van der Waals surface area contributed by atoms with Crippen molar-refractivity contribution in [2.24, 2.45) is 11.8 Å². The number of nitrogens with zero attached hydrogens (tertiary/aromatic N) is 1. The van der Waals surface area contributed by atoms with E-state index in [0.717, 1.165) is 11.1 Å². The molecule has 4 aliphatic heterocycles. The number of methoxy groups -OCH3 is 2. The van der Waals surface area contributed by atoms with Gasteiger partial charge < -0.3 is 52.8 Å². The summed E-state index contributed by atoms with van der Waals surface area (Å²) in [7, 11) is 6.59. The van der Waals surface area contributed by atoms with E-state index in [-0.39, 0.29) is 55.6 Å². The lowest BCUT2D eigenvalue weighted by molar-refractivity contribution is -0.354. The molecule has 0 saturated carbocycles. The van der Waals surface area contributed by atoms with Gasteiger partial charge in [0.25, 0.3) is 0 Å². The second-order valence-electron chi connectivity index (χ2n) is 12.0. The van der Waals surface area contributed by atoms with Gasteiger partial charge in [-0.15, -0.1) is 12.4 Å². The van der Waals surface area contributed by atoms with Gasteiger partial charge in [0.2, 0.25) is 12.5 Å². The molecule has 14 heteroatoms. The van der Waals surface area contributed by atoms with Gasteiger partial charge in [-0.3, -0.25) is 9.69 Å². The lowest BCUT2D eigenvalue weighted by Gasteiger charge is -2.50. The normalized spacial score (nSPS) is 34.7. The van der Waals surface area contributed by atoms with Crippen LogP contribution in [0.3, 0.4) is 0 Å². The molecule has 4 heterocycles. The van der Waals surface area contributed by atoms with Crippen LogP contribution >= 0.6 is 12.4 Å². The smallest absolute Gasteiger partial charge is 0.310 e. The van der Waals surface area contributed by atoms with Crippen LogP contribution in [0.2, 0.25) is 0 Å². The highest BCUT2D eigenvalue weighted by Crippen LogP contribution is 2.57. The Morgan fingerprint density at radius 1 is 0.933 bits per heavy atom. The first-order valence-corrected chi connectivity index (χ1v) is 14.7. The van der Waals surface area contributed by atoms with E-state index in [2.05, 4.69) is 0 Å². The molecular formula is C31H38ClNO12. The molecule has 5 aliphatic rings. The highest BCUT2D eigenvalue weighted by Gasteiger charge is 2.56. The number of benzene rings is 2. The largest absolute Gasteiger partial charge is 0.502 e. The van der Waals surface area contributed by atoms with Crippen LogP contribution in [0.4, 0.5) is 0 Å². The highest BCUT2D eigenvalue weighted by molar-refractivity contribution is 5.85. The van der Waals surface area contributed by atoms with E-state index in [1.165, 1.54) is 14.2 Å². The quantitative estimate of drug-likeness (QED) is 0.442. The van der Waals surface area contributed by atoms with E-state index in [1.807, 2.05) is 31.1 Å². The number of likely N-dealkylation sites (N-methyl/N-ethyl adjacent to an activating group) is 1. The van der Waals surface area contributed by atoms with Gasteiger partial charge in [-0.25, -0.2) is 0 Å². The standard InChI is InChI=1S/C31H37NO12.ClH/c1-13-38-11-22-29(42-13)27(34)25(32(2)3)31(43-22)44-28-16-9-19-18(40-12-41-19)8-15(16)23(24-17(28)10-39-30(24)35)14-6-20(36-4)26(33)21(7-14)37-5;/h6-9,13,17,22-25,27-29,31,33-34H,10-12H2,1-5H3;1H. The summed E-state index contributed by atoms with van der Waals surface area (Å²) in [5.41, 5.74) is 2.23. The molecule has 0 spiro atoms. The number of fused-ring (bicyclic) bond motifs is 4. The maximum absolute atomic E-state index is 13.5. The first-order chi connectivity index (χ1) is 21.2. The fourth-order valence-electron chi connectivity index (χ4n) is 7.28. The molecule has 3 fully saturated rings. The molecule has 3 saturated heterocycles. The Morgan fingerprint density at radius 3 is 2.24 bits per heavy atom. The lowest BCUT2D eigenvalue weighted by Crippen LogP contribution is -2.66. The monoisotopic (exact) mass is 651 g/mol. The molecule has 0 aromatic heterocycles. The summed E-state index contributed by atoms with van der Waals surface area (Å²) in [4.78, 5) is 15.4. The molecule has 0 radical (unpaired) electrons. The summed E-state index contributed by atoms with van der Waals surface area (Å²) in [6.45, 7) is 2.20. The van der Waals surface area contributed by atoms with Crippen LogP contribution < -0.4 is 18.9 Å². The zero-order valence-corrected chi connectivity index (χ0v) is 26.4. The molecule has 7 rings (SSSR count). The van der Waals surface area contributed by atoms with Crippen LogP contribution in [0.15, 0.2) is 24.3 Å². The first-order valence-electron chi connectivity index (χ1n) is 14.7. The van der Waals surface area contributed by atoms with Gasteiger partial charge in [-0.2, -0.15) is 0 Å². The third-order valence-corrected chi connectivity index (χ3v) is 9.34. The molecule has 0 amide bonds. The predicted molar refractivity (Wildman–Crippen MR) is 157 cm³/mol. The maximum Gasteiger partial charge on any atom is 0.310 e. The number of aromatic hydroxyl groups is 1. The van der Waals surface area contributed by atoms with Gasteiger partial charge in [0.15, 0.2) is 35.6 Å².